The molecule has 0 unspecified atom stereocenters. The molecule has 0 aliphatic heterocycles. The van der Waals surface area contributed by atoms with Gasteiger partial charge in [-0.2, -0.15) is 0 Å². The topological polar surface area (TPSA) is 93.9 Å². The number of aryl methyl sites for hydroxylation is 2. The molecular formula is C20H27N5O3. The molecule has 1 aromatic carbocycles. The molecule has 2 aromatic heterocycles. The first-order chi connectivity index (χ1) is 13.6. The number of hydrogen-bond donors (Lipinski definition) is 2. The average Bonchev–Trinajstić information content (AvgIpc) is 3.06. The van der Waals surface area contributed by atoms with Gasteiger partial charge in [-0.1, -0.05) is 13.3 Å². The Hall–Kier alpha value is -3.03. The monoisotopic (exact) mass is 385 g/mol. The molecule has 150 valence electrons. The number of rotatable bonds is 9. The smallest absolute Gasteiger partial charge is 0.330 e. The fourth-order valence-corrected chi connectivity index (χ4v) is 3.23. The summed E-state index contributed by atoms with van der Waals surface area (Å²) in [6.45, 7) is 8.16. The molecule has 3 rings (SSSR count). The number of ether oxygens (including phenoxy) is 1. The number of imidazole rings is 1. The maximum absolute atomic E-state index is 12.4. The van der Waals surface area contributed by atoms with Crippen LogP contribution in [-0.4, -0.2) is 25.7 Å². The Labute approximate surface area is 163 Å². The van der Waals surface area contributed by atoms with Gasteiger partial charge in [0, 0.05) is 18.8 Å². The number of unbranched alkanes of at least 4 members (excludes halogenated alkanes) is 1. The van der Waals surface area contributed by atoms with Gasteiger partial charge in [0.2, 0.25) is 0 Å². The molecule has 0 amide bonds. The first-order valence-electron chi connectivity index (χ1n) is 9.77. The Morgan fingerprint density at radius 1 is 1.11 bits per heavy atom. The minimum atomic E-state index is -0.405. The number of nitrogens with one attached hydrogen (secondary N) is 2. The minimum absolute atomic E-state index is 0.394. The fourth-order valence-electron chi connectivity index (χ4n) is 3.23. The first-order valence-corrected chi connectivity index (χ1v) is 9.77. The molecule has 3 aromatic rings. The van der Waals surface area contributed by atoms with Crippen LogP contribution in [0.5, 0.6) is 5.75 Å². The standard InChI is InChI=1S/C20H27N5O3/c1-4-7-12-25-18-17(19(26)23-20(25)27)24(5-2)16(22-18)13-21-14-8-10-15(11-9-14)28-6-3/h8-11,21H,4-7,12-13H2,1-3H3,(H,23,26,27). The molecule has 0 radical (unpaired) electrons. The maximum Gasteiger partial charge on any atom is 0.330 e. The van der Waals surface area contributed by atoms with Crippen molar-refractivity contribution in [3.05, 3.63) is 50.9 Å². The summed E-state index contributed by atoms with van der Waals surface area (Å²) in [6.07, 6.45) is 1.80. The van der Waals surface area contributed by atoms with E-state index >= 15 is 0 Å². The summed E-state index contributed by atoms with van der Waals surface area (Å²) in [7, 11) is 0. The molecule has 28 heavy (non-hydrogen) atoms. The van der Waals surface area contributed by atoms with E-state index in [1.807, 2.05) is 42.7 Å². The third kappa shape index (κ3) is 3.95. The summed E-state index contributed by atoms with van der Waals surface area (Å²) in [5, 5.41) is 3.32. The molecular weight excluding hydrogens is 358 g/mol. The lowest BCUT2D eigenvalue weighted by Gasteiger charge is -2.09. The highest BCUT2D eigenvalue weighted by Crippen LogP contribution is 2.18. The van der Waals surface area contributed by atoms with E-state index in [1.54, 1.807) is 4.57 Å². The molecule has 0 bridgehead atoms. The van der Waals surface area contributed by atoms with Gasteiger partial charge < -0.3 is 14.6 Å². The first kappa shape index (κ1) is 19.7. The number of benzene rings is 1. The van der Waals surface area contributed by atoms with E-state index in [4.69, 9.17) is 4.74 Å². The van der Waals surface area contributed by atoms with Crippen molar-refractivity contribution in [2.24, 2.45) is 0 Å². The van der Waals surface area contributed by atoms with Crippen molar-refractivity contribution in [3.63, 3.8) is 0 Å². The van der Waals surface area contributed by atoms with Crippen LogP contribution in [0.1, 0.15) is 39.4 Å². The average molecular weight is 385 g/mol. The maximum atomic E-state index is 12.4. The lowest BCUT2D eigenvalue weighted by atomic mass is 10.3. The predicted molar refractivity (Wildman–Crippen MR) is 110 cm³/mol. The van der Waals surface area contributed by atoms with Crippen LogP contribution in [0.15, 0.2) is 33.9 Å². The summed E-state index contributed by atoms with van der Waals surface area (Å²) in [5.41, 5.74) is 1.02. The van der Waals surface area contributed by atoms with Crippen molar-refractivity contribution in [2.45, 2.75) is 53.2 Å². The lowest BCUT2D eigenvalue weighted by Crippen LogP contribution is -2.31. The number of hydrogen-bond acceptors (Lipinski definition) is 5. The zero-order valence-electron chi connectivity index (χ0n) is 16.6. The summed E-state index contributed by atoms with van der Waals surface area (Å²) >= 11 is 0. The van der Waals surface area contributed by atoms with Crippen molar-refractivity contribution in [1.82, 2.24) is 19.1 Å². The minimum Gasteiger partial charge on any atom is -0.494 e. The highest BCUT2D eigenvalue weighted by molar-refractivity contribution is 5.71. The Bertz CT molecular complexity index is 1050. The number of aromatic nitrogens is 4. The van der Waals surface area contributed by atoms with Crippen molar-refractivity contribution in [2.75, 3.05) is 11.9 Å². The van der Waals surface area contributed by atoms with E-state index < -0.39 is 11.2 Å². The summed E-state index contributed by atoms with van der Waals surface area (Å²) in [5.74, 6) is 1.54. The molecule has 0 fully saturated rings. The molecule has 0 saturated heterocycles. The Kier molecular flexibility index (Phi) is 6.18. The Morgan fingerprint density at radius 3 is 2.50 bits per heavy atom. The zero-order valence-corrected chi connectivity index (χ0v) is 16.6. The van der Waals surface area contributed by atoms with Gasteiger partial charge in [0.25, 0.3) is 5.56 Å². The van der Waals surface area contributed by atoms with Crippen molar-refractivity contribution in [1.29, 1.82) is 0 Å². The lowest BCUT2D eigenvalue weighted by molar-refractivity contribution is 0.340. The van der Waals surface area contributed by atoms with E-state index in [9.17, 15) is 9.59 Å². The second-order valence-corrected chi connectivity index (χ2v) is 6.52. The molecule has 8 heteroatoms. The van der Waals surface area contributed by atoms with Crippen LogP contribution in [0.25, 0.3) is 11.2 Å². The zero-order chi connectivity index (χ0) is 20.1. The molecule has 0 spiro atoms. The SMILES string of the molecule is CCCCn1c(=O)[nH]c(=O)c2c1nc(CNc1ccc(OCC)cc1)n2CC. The van der Waals surface area contributed by atoms with E-state index in [0.717, 1.165) is 24.3 Å². The van der Waals surface area contributed by atoms with Crippen molar-refractivity contribution < 1.29 is 4.74 Å². The van der Waals surface area contributed by atoms with Gasteiger partial charge in [-0.3, -0.25) is 14.3 Å². The van der Waals surface area contributed by atoms with E-state index in [-0.39, 0.29) is 0 Å². The molecule has 0 aliphatic carbocycles. The number of fused-ring (bicyclic) bond motifs is 1. The van der Waals surface area contributed by atoms with Gasteiger partial charge in [-0.05, 0) is 44.5 Å². The molecule has 0 aliphatic rings. The fraction of sp³-hybridized carbons (Fsp3) is 0.450. The molecule has 0 atom stereocenters. The highest BCUT2D eigenvalue weighted by Gasteiger charge is 2.17. The summed E-state index contributed by atoms with van der Waals surface area (Å²) < 4.78 is 8.88. The second-order valence-electron chi connectivity index (χ2n) is 6.52. The second kappa shape index (κ2) is 8.77. The summed E-state index contributed by atoms with van der Waals surface area (Å²) in [6, 6.07) is 7.69. The Morgan fingerprint density at radius 2 is 1.86 bits per heavy atom. The van der Waals surface area contributed by atoms with Gasteiger partial charge in [-0.25, -0.2) is 9.78 Å². The molecule has 0 saturated carbocycles. The van der Waals surface area contributed by atoms with Gasteiger partial charge in [0.1, 0.15) is 11.6 Å². The number of anilines is 1. The van der Waals surface area contributed by atoms with Crippen LogP contribution in [-0.2, 0) is 19.6 Å². The number of aromatic amines is 1. The third-order valence-electron chi connectivity index (χ3n) is 4.63. The van der Waals surface area contributed by atoms with E-state index in [0.29, 0.717) is 43.2 Å². The van der Waals surface area contributed by atoms with Gasteiger partial charge >= 0.3 is 5.69 Å². The van der Waals surface area contributed by atoms with Gasteiger partial charge in [-0.15, -0.1) is 0 Å². The van der Waals surface area contributed by atoms with E-state index in [2.05, 4.69) is 22.2 Å². The largest absolute Gasteiger partial charge is 0.494 e. The normalized spacial score (nSPS) is 11.1. The van der Waals surface area contributed by atoms with E-state index in [1.165, 1.54) is 0 Å². The van der Waals surface area contributed by atoms with Crippen molar-refractivity contribution >= 4 is 16.9 Å². The number of H-pyrrole nitrogens is 1. The number of nitrogens with zero attached hydrogens (tertiary/aromatic N) is 3. The third-order valence-corrected chi connectivity index (χ3v) is 4.63. The summed E-state index contributed by atoms with van der Waals surface area (Å²) in [4.78, 5) is 31.8. The van der Waals surface area contributed by atoms with Crippen LogP contribution in [0.3, 0.4) is 0 Å². The quantitative estimate of drug-likeness (QED) is 0.591. The highest BCUT2D eigenvalue weighted by atomic mass is 16.5. The Balaban J connectivity index is 1.93. The van der Waals surface area contributed by atoms with Gasteiger partial charge in [0.15, 0.2) is 11.2 Å². The van der Waals surface area contributed by atoms with Crippen LogP contribution >= 0.6 is 0 Å². The van der Waals surface area contributed by atoms with Crippen LogP contribution in [0, 0.1) is 0 Å². The van der Waals surface area contributed by atoms with Crippen LogP contribution in [0.2, 0.25) is 0 Å². The molecule has 2 heterocycles. The molecule has 2 N–H and O–H groups in total. The predicted octanol–water partition coefficient (Wildman–Crippen LogP) is 2.72. The van der Waals surface area contributed by atoms with Crippen LogP contribution < -0.4 is 21.3 Å². The molecule has 8 nitrogen and oxygen atoms in total. The van der Waals surface area contributed by atoms with Crippen molar-refractivity contribution in [3.8, 4) is 5.75 Å². The van der Waals surface area contributed by atoms with Gasteiger partial charge in [0.05, 0.1) is 13.2 Å². The van der Waals surface area contributed by atoms with Crippen LogP contribution in [0.4, 0.5) is 5.69 Å².